The zero-order valence-electron chi connectivity index (χ0n) is 14.4. The van der Waals surface area contributed by atoms with Crippen LogP contribution in [0.2, 0.25) is 0 Å². The van der Waals surface area contributed by atoms with E-state index in [2.05, 4.69) is 32.0 Å². The smallest absolute Gasteiger partial charge is 0.161 e. The normalized spacial score (nSPS) is 19.8. The van der Waals surface area contributed by atoms with Gasteiger partial charge in [-0.3, -0.25) is 14.7 Å². The third-order valence-corrected chi connectivity index (χ3v) is 5.34. The molecule has 0 saturated carbocycles. The maximum absolute atomic E-state index is 12.9. The van der Waals surface area contributed by atoms with Crippen LogP contribution in [0.25, 0.3) is 0 Å². The van der Waals surface area contributed by atoms with Crippen LogP contribution < -0.4 is 10.6 Å². The summed E-state index contributed by atoms with van der Waals surface area (Å²) in [6.07, 6.45) is 6.95. The van der Waals surface area contributed by atoms with Gasteiger partial charge in [0.25, 0.3) is 0 Å². The number of halogens is 1. The van der Waals surface area contributed by atoms with Gasteiger partial charge in [0.15, 0.2) is 5.78 Å². The van der Waals surface area contributed by atoms with Crippen LogP contribution in [-0.2, 0) is 4.79 Å². The van der Waals surface area contributed by atoms with Crippen LogP contribution in [0.15, 0.2) is 70.0 Å². The molecule has 2 N–H and O–H groups in total. The van der Waals surface area contributed by atoms with E-state index in [1.165, 1.54) is 0 Å². The average Bonchev–Trinajstić information content (AvgIpc) is 2.69. The summed E-state index contributed by atoms with van der Waals surface area (Å²) in [5, 5.41) is 9.88. The van der Waals surface area contributed by atoms with Gasteiger partial charge in [-0.05, 0) is 52.5 Å². The minimum atomic E-state index is -0.488. The predicted molar refractivity (Wildman–Crippen MR) is 104 cm³/mol. The zero-order valence-corrected chi connectivity index (χ0v) is 16.0. The van der Waals surface area contributed by atoms with E-state index in [4.69, 9.17) is 5.73 Å². The fraction of sp³-hybridized carbons (Fsp3) is 0.200. The molecule has 4 rings (SSSR count). The van der Waals surface area contributed by atoms with Gasteiger partial charge in [0.1, 0.15) is 11.6 Å². The second-order valence-electron chi connectivity index (χ2n) is 6.44. The summed E-state index contributed by atoms with van der Waals surface area (Å²) < 4.78 is 0.841. The van der Waals surface area contributed by atoms with Crippen molar-refractivity contribution in [3.8, 4) is 6.07 Å². The Bertz CT molecular complexity index is 1000. The van der Waals surface area contributed by atoms with Crippen LogP contribution in [0, 0.1) is 11.3 Å². The fourth-order valence-corrected chi connectivity index (χ4v) is 3.96. The molecule has 0 bridgehead atoms. The second-order valence-corrected chi connectivity index (χ2v) is 7.35. The first kappa shape index (κ1) is 17.4. The Morgan fingerprint density at radius 1 is 1.26 bits per heavy atom. The average molecular weight is 422 g/mol. The van der Waals surface area contributed by atoms with E-state index in [9.17, 15) is 10.1 Å². The number of pyridine rings is 2. The molecule has 2 aliphatic rings. The first-order chi connectivity index (χ1) is 13.1. The van der Waals surface area contributed by atoms with Gasteiger partial charge in [0.05, 0.1) is 17.6 Å². The largest absolute Gasteiger partial charge is 0.384 e. The lowest BCUT2D eigenvalue weighted by atomic mass is 9.76. The Morgan fingerprint density at radius 3 is 2.78 bits per heavy atom. The SMILES string of the molecule is N#CC1=C(N)N(c2ccc(Br)cn2)C2=C(C(=O)CCC2)[C@@H]1c1cccnc1. The monoisotopic (exact) mass is 421 g/mol. The molecule has 0 aromatic carbocycles. The summed E-state index contributed by atoms with van der Waals surface area (Å²) in [5.74, 6) is 0.468. The summed E-state index contributed by atoms with van der Waals surface area (Å²) >= 11 is 3.38. The number of nitrogens with two attached hydrogens (primary N) is 1. The van der Waals surface area contributed by atoms with Gasteiger partial charge < -0.3 is 5.73 Å². The molecule has 0 spiro atoms. The van der Waals surface area contributed by atoms with E-state index in [1.807, 2.05) is 18.2 Å². The highest BCUT2D eigenvalue weighted by Gasteiger charge is 2.40. The molecule has 0 unspecified atom stereocenters. The summed E-state index contributed by atoms with van der Waals surface area (Å²) in [7, 11) is 0. The van der Waals surface area contributed by atoms with Gasteiger partial charge in [-0.1, -0.05) is 6.07 Å². The van der Waals surface area contributed by atoms with Crippen LogP contribution in [0.4, 0.5) is 5.82 Å². The van der Waals surface area contributed by atoms with Crippen molar-refractivity contribution >= 4 is 27.5 Å². The molecule has 3 heterocycles. The van der Waals surface area contributed by atoms with Crippen molar-refractivity contribution < 1.29 is 4.79 Å². The first-order valence-corrected chi connectivity index (χ1v) is 9.38. The van der Waals surface area contributed by atoms with Gasteiger partial charge in [-0.15, -0.1) is 0 Å². The van der Waals surface area contributed by atoms with E-state index in [0.29, 0.717) is 35.6 Å². The summed E-state index contributed by atoms with van der Waals surface area (Å²) in [5.41, 5.74) is 9.05. The molecule has 2 aromatic rings. The first-order valence-electron chi connectivity index (χ1n) is 8.59. The van der Waals surface area contributed by atoms with Crippen molar-refractivity contribution in [2.24, 2.45) is 5.73 Å². The lowest BCUT2D eigenvalue weighted by Gasteiger charge is -2.38. The molecule has 27 heavy (non-hydrogen) atoms. The Kier molecular flexibility index (Phi) is 4.50. The van der Waals surface area contributed by atoms with Crippen molar-refractivity contribution in [1.29, 1.82) is 5.26 Å². The topological polar surface area (TPSA) is 95.9 Å². The summed E-state index contributed by atoms with van der Waals surface area (Å²) in [4.78, 5) is 23.3. The van der Waals surface area contributed by atoms with E-state index in [1.54, 1.807) is 29.6 Å². The van der Waals surface area contributed by atoms with Crippen molar-refractivity contribution in [1.82, 2.24) is 9.97 Å². The van der Waals surface area contributed by atoms with E-state index >= 15 is 0 Å². The Hall–Kier alpha value is -2.98. The second kappa shape index (κ2) is 6.97. The zero-order chi connectivity index (χ0) is 19.0. The van der Waals surface area contributed by atoms with Gasteiger partial charge in [-0.2, -0.15) is 5.26 Å². The molecule has 0 amide bonds. The minimum Gasteiger partial charge on any atom is -0.384 e. The molecule has 7 heteroatoms. The molecule has 6 nitrogen and oxygen atoms in total. The maximum atomic E-state index is 12.9. The number of aromatic nitrogens is 2. The van der Waals surface area contributed by atoms with Gasteiger partial charge in [-0.25, -0.2) is 4.98 Å². The van der Waals surface area contributed by atoms with Crippen LogP contribution in [0.1, 0.15) is 30.7 Å². The molecule has 134 valence electrons. The molecule has 1 aliphatic heterocycles. The standard InChI is InChI=1S/C20H16BrN5O/c21-13-6-7-17(25-11-13)26-15-4-1-5-16(27)19(15)18(14(9-22)20(26)23)12-3-2-8-24-10-12/h2-3,6-8,10-11,18H,1,4-5,23H2/t18-/m1/s1. The number of carbonyl (C=O) groups is 1. The van der Waals surface area contributed by atoms with Crippen molar-refractivity contribution in [3.63, 3.8) is 0 Å². The van der Waals surface area contributed by atoms with Gasteiger partial charge in [0.2, 0.25) is 0 Å². The molecule has 0 saturated heterocycles. The molecule has 0 fully saturated rings. The van der Waals surface area contributed by atoms with Crippen molar-refractivity contribution in [2.75, 3.05) is 4.90 Å². The number of Topliss-reactive ketones (excluding diaryl/α,β-unsaturated/α-hetero) is 1. The number of ketones is 1. The lowest BCUT2D eigenvalue weighted by molar-refractivity contribution is -0.116. The number of allylic oxidation sites excluding steroid dienone is 3. The Morgan fingerprint density at radius 2 is 2.11 bits per heavy atom. The summed E-state index contributed by atoms with van der Waals surface area (Å²) in [6, 6.07) is 9.59. The number of nitrogens with zero attached hydrogens (tertiary/aromatic N) is 4. The number of anilines is 1. The lowest BCUT2D eigenvalue weighted by Crippen LogP contribution is -2.39. The van der Waals surface area contributed by atoms with E-state index in [-0.39, 0.29) is 5.78 Å². The Labute approximate surface area is 165 Å². The Balaban J connectivity index is 1.96. The van der Waals surface area contributed by atoms with Gasteiger partial charge >= 0.3 is 0 Å². The molecule has 1 atom stereocenters. The molecular formula is C20H16BrN5O. The highest BCUT2D eigenvalue weighted by atomic mass is 79.9. The van der Waals surface area contributed by atoms with Gasteiger partial charge in [0, 0.05) is 40.8 Å². The van der Waals surface area contributed by atoms with Crippen LogP contribution in [0.5, 0.6) is 0 Å². The van der Waals surface area contributed by atoms with E-state index in [0.717, 1.165) is 22.2 Å². The number of rotatable bonds is 2. The molecular weight excluding hydrogens is 406 g/mol. The quantitative estimate of drug-likeness (QED) is 0.796. The maximum Gasteiger partial charge on any atom is 0.161 e. The van der Waals surface area contributed by atoms with Crippen LogP contribution in [-0.4, -0.2) is 15.8 Å². The number of nitriles is 1. The third kappa shape index (κ3) is 2.92. The molecule has 1 aliphatic carbocycles. The van der Waals surface area contributed by atoms with Crippen molar-refractivity contribution in [2.45, 2.75) is 25.2 Å². The molecule has 0 radical (unpaired) electrons. The highest BCUT2D eigenvalue weighted by Crippen LogP contribution is 2.45. The van der Waals surface area contributed by atoms with Crippen molar-refractivity contribution in [3.05, 3.63) is 75.6 Å². The highest BCUT2D eigenvalue weighted by molar-refractivity contribution is 9.10. The van der Waals surface area contributed by atoms with Crippen LogP contribution in [0.3, 0.4) is 0 Å². The fourth-order valence-electron chi connectivity index (χ4n) is 3.73. The number of carbonyl (C=O) groups excluding carboxylic acids is 1. The van der Waals surface area contributed by atoms with E-state index < -0.39 is 5.92 Å². The summed E-state index contributed by atoms with van der Waals surface area (Å²) in [6.45, 7) is 0. The predicted octanol–water partition coefficient (Wildman–Crippen LogP) is 3.54. The number of hydrogen-bond donors (Lipinski definition) is 1. The molecule has 2 aromatic heterocycles. The number of hydrogen-bond acceptors (Lipinski definition) is 6. The minimum absolute atomic E-state index is 0.0486. The third-order valence-electron chi connectivity index (χ3n) is 4.87. The van der Waals surface area contributed by atoms with Crippen LogP contribution >= 0.6 is 15.9 Å².